The summed E-state index contributed by atoms with van der Waals surface area (Å²) >= 11 is 0. The van der Waals surface area contributed by atoms with Crippen molar-refractivity contribution < 1.29 is 4.74 Å². The van der Waals surface area contributed by atoms with Crippen molar-refractivity contribution in [1.29, 1.82) is 0 Å². The van der Waals surface area contributed by atoms with Crippen LogP contribution in [0.4, 0.5) is 5.69 Å². The summed E-state index contributed by atoms with van der Waals surface area (Å²) < 4.78 is 5.57. The summed E-state index contributed by atoms with van der Waals surface area (Å²) in [6.45, 7) is 5.55. The Morgan fingerprint density at radius 2 is 2.20 bits per heavy atom. The molecule has 0 saturated carbocycles. The Morgan fingerprint density at radius 3 is 3.00 bits per heavy atom. The van der Waals surface area contributed by atoms with Gasteiger partial charge in [-0.1, -0.05) is 31.5 Å². The number of aliphatic imine (C=N–C) groups is 1. The quantitative estimate of drug-likeness (QED) is 0.492. The van der Waals surface area contributed by atoms with Crippen LogP contribution < -0.4 is 10.2 Å². The molecule has 110 valence electrons. The molecule has 0 amide bonds. The number of hydrogen-bond donors (Lipinski definition) is 1. The van der Waals surface area contributed by atoms with Gasteiger partial charge in [-0.15, -0.1) is 0 Å². The average molecular weight is 275 g/mol. The molecule has 1 aliphatic heterocycles. The Balaban J connectivity index is 1.82. The summed E-state index contributed by atoms with van der Waals surface area (Å²) in [6, 6.07) is 8.53. The van der Waals surface area contributed by atoms with Crippen molar-refractivity contribution in [3.05, 3.63) is 29.8 Å². The lowest BCUT2D eigenvalue weighted by Gasteiger charge is -2.22. The van der Waals surface area contributed by atoms with Crippen LogP contribution in [0.3, 0.4) is 0 Å². The molecule has 1 aliphatic rings. The molecule has 0 aromatic heterocycles. The summed E-state index contributed by atoms with van der Waals surface area (Å²) in [5.74, 6) is 0.939. The maximum Gasteiger partial charge on any atom is 0.198 e. The van der Waals surface area contributed by atoms with Gasteiger partial charge in [0.25, 0.3) is 0 Å². The number of ether oxygens (including phenoxy) is 1. The van der Waals surface area contributed by atoms with E-state index in [1.165, 1.54) is 17.7 Å². The van der Waals surface area contributed by atoms with Crippen molar-refractivity contribution in [3.63, 3.8) is 0 Å². The van der Waals surface area contributed by atoms with Gasteiger partial charge in [0.1, 0.15) is 0 Å². The van der Waals surface area contributed by atoms with Crippen molar-refractivity contribution in [2.75, 3.05) is 38.3 Å². The lowest BCUT2D eigenvalue weighted by molar-refractivity contribution is 0.136. The van der Waals surface area contributed by atoms with Crippen molar-refractivity contribution in [2.24, 2.45) is 4.99 Å². The minimum atomic E-state index is 0.731. The van der Waals surface area contributed by atoms with Gasteiger partial charge in [0.15, 0.2) is 5.96 Å². The number of para-hydroxylation sites is 1. The summed E-state index contributed by atoms with van der Waals surface area (Å²) in [4.78, 5) is 6.63. The third-order valence-electron chi connectivity index (χ3n) is 3.53. The molecule has 1 aromatic rings. The van der Waals surface area contributed by atoms with E-state index < -0.39 is 0 Å². The number of anilines is 1. The predicted molar refractivity (Wildman–Crippen MR) is 84.6 cm³/mol. The van der Waals surface area contributed by atoms with Gasteiger partial charge in [-0.2, -0.15) is 0 Å². The zero-order chi connectivity index (χ0) is 14.2. The molecule has 1 heterocycles. The first-order valence-electron chi connectivity index (χ1n) is 7.50. The molecule has 1 aromatic carbocycles. The molecule has 0 fully saturated rings. The Kier molecular flexibility index (Phi) is 5.87. The van der Waals surface area contributed by atoms with Gasteiger partial charge in [-0.05, 0) is 24.5 Å². The normalized spacial score (nSPS) is 14.5. The van der Waals surface area contributed by atoms with Crippen LogP contribution in [0.5, 0.6) is 0 Å². The third kappa shape index (κ3) is 3.73. The van der Waals surface area contributed by atoms with Crippen LogP contribution >= 0.6 is 0 Å². The smallest absolute Gasteiger partial charge is 0.198 e. The second kappa shape index (κ2) is 7.90. The summed E-state index contributed by atoms with van der Waals surface area (Å²) in [7, 11) is 1.83. The minimum Gasteiger partial charge on any atom is -0.380 e. The van der Waals surface area contributed by atoms with Gasteiger partial charge in [0, 0.05) is 32.4 Å². The van der Waals surface area contributed by atoms with E-state index in [-0.39, 0.29) is 0 Å². The molecule has 1 N–H and O–H groups in total. The maximum atomic E-state index is 5.57. The van der Waals surface area contributed by atoms with Crippen LogP contribution in [0, 0.1) is 0 Å². The summed E-state index contributed by atoms with van der Waals surface area (Å²) in [5, 5.41) is 3.38. The van der Waals surface area contributed by atoms with Crippen molar-refractivity contribution in [1.82, 2.24) is 5.32 Å². The second-order valence-electron chi connectivity index (χ2n) is 4.97. The van der Waals surface area contributed by atoms with Gasteiger partial charge in [0.05, 0.1) is 6.61 Å². The molecule has 0 unspecified atom stereocenters. The van der Waals surface area contributed by atoms with Crippen LogP contribution in [0.2, 0.25) is 0 Å². The molecular formula is C16H25N3O. The Hall–Kier alpha value is -1.55. The van der Waals surface area contributed by atoms with E-state index in [1.807, 2.05) is 7.05 Å². The molecule has 2 rings (SSSR count). The first-order valence-corrected chi connectivity index (χ1v) is 7.50. The number of rotatable bonds is 6. The highest BCUT2D eigenvalue weighted by Crippen LogP contribution is 2.27. The van der Waals surface area contributed by atoms with Gasteiger partial charge >= 0.3 is 0 Å². The third-order valence-corrected chi connectivity index (χ3v) is 3.53. The van der Waals surface area contributed by atoms with Gasteiger partial charge in [-0.25, -0.2) is 0 Å². The first-order chi connectivity index (χ1) is 9.86. The lowest BCUT2D eigenvalue weighted by Crippen LogP contribution is -2.41. The van der Waals surface area contributed by atoms with Gasteiger partial charge in [-0.3, -0.25) is 4.99 Å². The van der Waals surface area contributed by atoms with Gasteiger partial charge in [0.2, 0.25) is 0 Å². The van der Waals surface area contributed by atoms with Crippen molar-refractivity contribution in [3.8, 4) is 0 Å². The van der Waals surface area contributed by atoms with E-state index in [0.717, 1.165) is 45.1 Å². The highest BCUT2D eigenvalue weighted by molar-refractivity contribution is 5.97. The monoisotopic (exact) mass is 275 g/mol. The van der Waals surface area contributed by atoms with Crippen LogP contribution in [-0.4, -0.2) is 39.3 Å². The highest BCUT2D eigenvalue weighted by Gasteiger charge is 2.21. The summed E-state index contributed by atoms with van der Waals surface area (Å²) in [5.41, 5.74) is 2.67. The maximum absolute atomic E-state index is 5.57. The molecule has 0 aliphatic carbocycles. The van der Waals surface area contributed by atoms with Crippen LogP contribution in [0.25, 0.3) is 0 Å². The lowest BCUT2D eigenvalue weighted by atomic mass is 10.2. The molecular weight excluding hydrogens is 250 g/mol. The zero-order valence-corrected chi connectivity index (χ0v) is 12.6. The van der Waals surface area contributed by atoms with E-state index in [2.05, 4.69) is 46.4 Å². The zero-order valence-electron chi connectivity index (χ0n) is 12.6. The van der Waals surface area contributed by atoms with E-state index in [1.54, 1.807) is 0 Å². The molecule has 4 heteroatoms. The Morgan fingerprint density at radius 1 is 1.35 bits per heavy atom. The molecule has 0 bridgehead atoms. The van der Waals surface area contributed by atoms with E-state index in [4.69, 9.17) is 4.74 Å². The highest BCUT2D eigenvalue weighted by atomic mass is 16.5. The van der Waals surface area contributed by atoms with Crippen molar-refractivity contribution >= 4 is 11.6 Å². The van der Waals surface area contributed by atoms with Crippen LogP contribution in [0.15, 0.2) is 29.3 Å². The van der Waals surface area contributed by atoms with Crippen LogP contribution in [-0.2, 0) is 11.2 Å². The van der Waals surface area contributed by atoms with Crippen LogP contribution in [0.1, 0.15) is 25.3 Å². The number of nitrogens with zero attached hydrogens (tertiary/aromatic N) is 2. The largest absolute Gasteiger partial charge is 0.380 e. The molecule has 0 spiro atoms. The standard InChI is InChI=1S/C16H25N3O/c1-3-4-12-20-13-10-18-16(17-2)19-11-9-14-7-5-6-8-15(14)19/h5-8H,3-4,9-13H2,1-2H3,(H,17,18). The fraction of sp³-hybridized carbons (Fsp3) is 0.562. The molecule has 0 radical (unpaired) electrons. The number of fused-ring (bicyclic) bond motifs is 1. The van der Waals surface area contributed by atoms with E-state index >= 15 is 0 Å². The fourth-order valence-electron chi connectivity index (χ4n) is 2.44. The fourth-order valence-corrected chi connectivity index (χ4v) is 2.44. The van der Waals surface area contributed by atoms with Gasteiger partial charge < -0.3 is 15.0 Å². The average Bonchev–Trinajstić information content (AvgIpc) is 2.91. The first kappa shape index (κ1) is 14.9. The van der Waals surface area contributed by atoms with Crippen molar-refractivity contribution in [2.45, 2.75) is 26.2 Å². The summed E-state index contributed by atoms with van der Waals surface area (Å²) in [6.07, 6.45) is 3.40. The molecule has 4 nitrogen and oxygen atoms in total. The number of unbranched alkanes of at least 4 members (excludes halogenated alkanes) is 1. The Labute approximate surface area is 121 Å². The number of guanidine groups is 1. The molecule has 20 heavy (non-hydrogen) atoms. The molecule has 0 saturated heterocycles. The second-order valence-corrected chi connectivity index (χ2v) is 4.97. The van der Waals surface area contributed by atoms with E-state index in [0.29, 0.717) is 0 Å². The number of benzene rings is 1. The SMILES string of the molecule is CCCCOCCNC(=NC)N1CCc2ccccc21. The molecule has 0 atom stereocenters. The van der Waals surface area contributed by atoms with E-state index in [9.17, 15) is 0 Å². The topological polar surface area (TPSA) is 36.9 Å². The number of nitrogens with one attached hydrogen (secondary N) is 1. The predicted octanol–water partition coefficient (Wildman–Crippen LogP) is 2.44. The number of hydrogen-bond acceptors (Lipinski definition) is 2. The minimum absolute atomic E-state index is 0.731. The Bertz CT molecular complexity index is 445.